The SMILES string of the molecule is Fc1ccccc1OCCSc1nnc(-c2sc3ccccc3c2Cl)o1. The second-order valence-corrected chi connectivity index (χ2v) is 7.72. The number of nitrogens with zero attached hydrogens (tertiary/aromatic N) is 2. The molecule has 0 fully saturated rings. The molecule has 4 rings (SSSR count). The zero-order chi connectivity index (χ0) is 17.9. The third-order valence-electron chi connectivity index (χ3n) is 3.54. The molecule has 0 saturated heterocycles. The van der Waals surface area contributed by atoms with Crippen LogP contribution in [0.1, 0.15) is 0 Å². The van der Waals surface area contributed by atoms with Gasteiger partial charge in [0.2, 0.25) is 0 Å². The number of fused-ring (bicyclic) bond motifs is 1. The summed E-state index contributed by atoms with van der Waals surface area (Å²) in [5.41, 5.74) is 0. The summed E-state index contributed by atoms with van der Waals surface area (Å²) in [7, 11) is 0. The average molecular weight is 407 g/mol. The zero-order valence-electron chi connectivity index (χ0n) is 13.3. The maximum Gasteiger partial charge on any atom is 0.277 e. The lowest BCUT2D eigenvalue weighted by Crippen LogP contribution is -2.01. The van der Waals surface area contributed by atoms with Crippen molar-refractivity contribution in [2.24, 2.45) is 0 Å². The van der Waals surface area contributed by atoms with Crippen molar-refractivity contribution in [1.82, 2.24) is 10.2 Å². The van der Waals surface area contributed by atoms with E-state index >= 15 is 0 Å². The van der Waals surface area contributed by atoms with Crippen LogP contribution in [0.25, 0.3) is 20.9 Å². The molecule has 0 N–H and O–H groups in total. The molecule has 26 heavy (non-hydrogen) atoms. The number of para-hydroxylation sites is 1. The largest absolute Gasteiger partial charge is 0.490 e. The number of aromatic nitrogens is 2. The minimum Gasteiger partial charge on any atom is -0.490 e. The van der Waals surface area contributed by atoms with Gasteiger partial charge in [-0.2, -0.15) is 0 Å². The molecule has 132 valence electrons. The van der Waals surface area contributed by atoms with Crippen LogP contribution >= 0.6 is 34.7 Å². The van der Waals surface area contributed by atoms with E-state index in [0.717, 1.165) is 15.0 Å². The van der Waals surface area contributed by atoms with Crippen LogP contribution < -0.4 is 4.74 Å². The molecular weight excluding hydrogens is 395 g/mol. The first-order valence-electron chi connectivity index (χ1n) is 7.73. The highest BCUT2D eigenvalue weighted by molar-refractivity contribution is 7.99. The van der Waals surface area contributed by atoms with Gasteiger partial charge in [0.05, 0.1) is 11.6 Å². The molecule has 8 heteroatoms. The number of thiophene rings is 1. The number of hydrogen-bond donors (Lipinski definition) is 0. The van der Waals surface area contributed by atoms with Gasteiger partial charge in [-0.05, 0) is 18.2 Å². The summed E-state index contributed by atoms with van der Waals surface area (Å²) in [4.78, 5) is 0.759. The fourth-order valence-electron chi connectivity index (χ4n) is 2.35. The quantitative estimate of drug-likeness (QED) is 0.294. The van der Waals surface area contributed by atoms with Crippen molar-refractivity contribution in [3.05, 3.63) is 59.4 Å². The summed E-state index contributed by atoms with van der Waals surface area (Å²) < 4.78 is 25.6. The molecule has 0 atom stereocenters. The Hall–Kier alpha value is -2.09. The molecule has 2 aromatic carbocycles. The van der Waals surface area contributed by atoms with Crippen molar-refractivity contribution in [2.75, 3.05) is 12.4 Å². The van der Waals surface area contributed by atoms with Gasteiger partial charge < -0.3 is 9.15 Å². The Labute approximate surface area is 162 Å². The molecule has 0 saturated carbocycles. The van der Waals surface area contributed by atoms with Gasteiger partial charge in [-0.1, -0.05) is 53.7 Å². The summed E-state index contributed by atoms with van der Waals surface area (Å²) in [6, 6.07) is 14.2. The minimum atomic E-state index is -0.378. The van der Waals surface area contributed by atoms with Crippen LogP contribution in [-0.4, -0.2) is 22.6 Å². The number of benzene rings is 2. The van der Waals surface area contributed by atoms with Gasteiger partial charge in [0.1, 0.15) is 4.88 Å². The first-order valence-corrected chi connectivity index (χ1v) is 9.91. The second-order valence-electron chi connectivity index (χ2n) is 5.24. The molecule has 0 bridgehead atoms. The molecule has 0 amide bonds. The van der Waals surface area contributed by atoms with E-state index in [9.17, 15) is 4.39 Å². The molecule has 2 aromatic heterocycles. The average Bonchev–Trinajstić information content (AvgIpc) is 3.25. The summed E-state index contributed by atoms with van der Waals surface area (Å²) >= 11 is 9.29. The normalized spacial score (nSPS) is 11.2. The Morgan fingerprint density at radius 2 is 1.92 bits per heavy atom. The van der Waals surface area contributed by atoms with E-state index in [1.54, 1.807) is 18.2 Å². The maximum absolute atomic E-state index is 13.5. The lowest BCUT2D eigenvalue weighted by molar-refractivity contribution is 0.324. The number of halogens is 2. The highest BCUT2D eigenvalue weighted by atomic mass is 35.5. The Bertz CT molecular complexity index is 1050. The van der Waals surface area contributed by atoms with Crippen molar-refractivity contribution in [2.45, 2.75) is 5.22 Å². The van der Waals surface area contributed by atoms with Crippen molar-refractivity contribution < 1.29 is 13.5 Å². The Morgan fingerprint density at radius 1 is 1.12 bits per heavy atom. The topological polar surface area (TPSA) is 48.2 Å². The molecule has 2 heterocycles. The third-order valence-corrected chi connectivity index (χ3v) is 5.98. The molecule has 0 aliphatic heterocycles. The van der Waals surface area contributed by atoms with E-state index in [0.29, 0.717) is 28.5 Å². The minimum absolute atomic E-state index is 0.233. The monoisotopic (exact) mass is 406 g/mol. The highest BCUT2D eigenvalue weighted by Crippen LogP contribution is 2.41. The first kappa shape index (κ1) is 17.3. The van der Waals surface area contributed by atoms with Crippen LogP contribution in [0.5, 0.6) is 5.75 Å². The van der Waals surface area contributed by atoms with Crippen molar-refractivity contribution in [3.63, 3.8) is 0 Å². The van der Waals surface area contributed by atoms with Gasteiger partial charge in [0.15, 0.2) is 11.6 Å². The Kier molecular flexibility index (Phi) is 5.10. The summed E-state index contributed by atoms with van der Waals surface area (Å²) in [6.45, 7) is 0.326. The molecule has 0 spiro atoms. The van der Waals surface area contributed by atoms with Gasteiger partial charge in [-0.25, -0.2) is 4.39 Å². The molecular formula is C18H12ClFN2O2S2. The van der Waals surface area contributed by atoms with Crippen LogP contribution in [0, 0.1) is 5.82 Å². The van der Waals surface area contributed by atoms with Crippen molar-refractivity contribution in [3.8, 4) is 16.5 Å². The lowest BCUT2D eigenvalue weighted by atomic mass is 10.2. The molecule has 0 unspecified atom stereocenters. The Balaban J connectivity index is 1.40. The van der Waals surface area contributed by atoms with E-state index in [4.69, 9.17) is 20.8 Å². The van der Waals surface area contributed by atoms with Crippen LogP contribution in [0.3, 0.4) is 0 Å². The van der Waals surface area contributed by atoms with Crippen molar-refractivity contribution >= 4 is 44.8 Å². The fourth-order valence-corrected chi connectivity index (χ4v) is 4.36. The van der Waals surface area contributed by atoms with Crippen molar-refractivity contribution in [1.29, 1.82) is 0 Å². The second kappa shape index (κ2) is 7.65. The number of ether oxygens (including phenoxy) is 1. The molecule has 0 radical (unpaired) electrons. The number of thioether (sulfide) groups is 1. The van der Waals surface area contributed by atoms with Gasteiger partial charge >= 0.3 is 0 Å². The first-order chi connectivity index (χ1) is 12.7. The van der Waals surface area contributed by atoms with E-state index < -0.39 is 0 Å². The van der Waals surface area contributed by atoms with E-state index in [-0.39, 0.29) is 11.6 Å². The van der Waals surface area contributed by atoms with E-state index in [2.05, 4.69) is 10.2 Å². The molecule has 0 aliphatic rings. The maximum atomic E-state index is 13.5. The van der Waals surface area contributed by atoms with Gasteiger partial charge in [0.25, 0.3) is 11.1 Å². The Morgan fingerprint density at radius 3 is 2.77 bits per heavy atom. The van der Waals surface area contributed by atoms with Gasteiger partial charge in [0, 0.05) is 15.8 Å². The predicted octanol–water partition coefficient (Wildman–Crippen LogP) is 5.91. The molecule has 4 nitrogen and oxygen atoms in total. The molecule has 4 aromatic rings. The number of hydrogen-bond acceptors (Lipinski definition) is 6. The van der Waals surface area contributed by atoms with Gasteiger partial charge in [-0.3, -0.25) is 0 Å². The van der Waals surface area contributed by atoms with Crippen LogP contribution in [0.2, 0.25) is 5.02 Å². The smallest absolute Gasteiger partial charge is 0.277 e. The van der Waals surface area contributed by atoms with E-state index in [1.165, 1.54) is 29.2 Å². The highest BCUT2D eigenvalue weighted by Gasteiger charge is 2.17. The standard InChI is InChI=1S/C18H12ClFN2O2S2/c19-15-11-5-1-4-8-14(11)26-16(15)17-21-22-18(24-17)25-10-9-23-13-7-3-2-6-12(13)20/h1-8H,9-10H2. The fraction of sp³-hybridized carbons (Fsp3) is 0.111. The summed E-state index contributed by atoms with van der Waals surface area (Å²) in [5.74, 6) is 0.804. The van der Waals surface area contributed by atoms with Crippen LogP contribution in [-0.2, 0) is 0 Å². The molecule has 0 aliphatic carbocycles. The summed E-state index contributed by atoms with van der Waals surface area (Å²) in [5, 5.41) is 10.1. The van der Waals surface area contributed by atoms with Crippen LogP contribution in [0.15, 0.2) is 58.2 Å². The zero-order valence-corrected chi connectivity index (χ0v) is 15.7. The lowest BCUT2D eigenvalue weighted by Gasteiger charge is -2.05. The summed E-state index contributed by atoms with van der Waals surface area (Å²) in [6.07, 6.45) is 0. The third kappa shape index (κ3) is 3.56. The van der Waals surface area contributed by atoms with Crippen LogP contribution in [0.4, 0.5) is 4.39 Å². The van der Waals surface area contributed by atoms with E-state index in [1.807, 2.05) is 24.3 Å². The van der Waals surface area contributed by atoms with Gasteiger partial charge in [-0.15, -0.1) is 21.5 Å². The number of rotatable bonds is 6. The predicted molar refractivity (Wildman–Crippen MR) is 103 cm³/mol.